The third-order valence-corrected chi connectivity index (χ3v) is 2.37. The molecule has 0 amide bonds. The van der Waals surface area contributed by atoms with Crippen molar-refractivity contribution in [3.8, 4) is 0 Å². The van der Waals surface area contributed by atoms with Gasteiger partial charge in [0.25, 0.3) is 6.43 Å². The quantitative estimate of drug-likeness (QED) is 0.784. The average molecular weight is 229 g/mol. The van der Waals surface area contributed by atoms with Crippen molar-refractivity contribution < 1.29 is 13.9 Å². The van der Waals surface area contributed by atoms with Gasteiger partial charge in [-0.15, -0.1) is 0 Å². The molecule has 0 bridgehead atoms. The Morgan fingerprint density at radius 2 is 1.88 bits per heavy atom. The van der Waals surface area contributed by atoms with Crippen molar-refractivity contribution in [2.45, 2.75) is 19.9 Å². The maximum absolute atomic E-state index is 12.3. The van der Waals surface area contributed by atoms with Crippen LogP contribution in [-0.2, 0) is 6.54 Å². The smallest absolute Gasteiger partial charge is 0.263 e. The first-order valence-corrected chi connectivity index (χ1v) is 5.32. The largest absolute Gasteiger partial charge is 0.396 e. The van der Waals surface area contributed by atoms with Gasteiger partial charge >= 0.3 is 0 Å². The third kappa shape index (κ3) is 4.24. The predicted octanol–water partition coefficient (Wildman–Crippen LogP) is 2.34. The lowest BCUT2D eigenvalue weighted by atomic mass is 10.1. The first-order chi connectivity index (χ1) is 7.63. The normalized spacial score (nSPS) is 13.1. The Morgan fingerprint density at radius 3 is 2.38 bits per heavy atom. The minimum Gasteiger partial charge on any atom is -0.396 e. The van der Waals surface area contributed by atoms with E-state index in [-0.39, 0.29) is 18.1 Å². The van der Waals surface area contributed by atoms with Crippen LogP contribution in [0.5, 0.6) is 0 Å². The second kappa shape index (κ2) is 6.55. The standard InChI is InChI=1S/C12H17F2NO/c1-9(8-16)6-15-7-10-2-4-11(5-3-10)12(13)14/h2-5,9,12,15-16H,6-8H2,1H3. The molecule has 1 unspecified atom stereocenters. The van der Waals surface area contributed by atoms with Crippen LogP contribution in [0.1, 0.15) is 24.5 Å². The van der Waals surface area contributed by atoms with Crippen LogP contribution in [0.15, 0.2) is 24.3 Å². The number of aliphatic hydroxyl groups is 1. The average Bonchev–Trinajstić information content (AvgIpc) is 2.29. The van der Waals surface area contributed by atoms with Gasteiger partial charge in [0, 0.05) is 25.3 Å². The number of benzene rings is 1. The molecular weight excluding hydrogens is 212 g/mol. The molecule has 0 spiro atoms. The summed E-state index contributed by atoms with van der Waals surface area (Å²) in [6.45, 7) is 3.44. The van der Waals surface area contributed by atoms with Gasteiger partial charge in [0.15, 0.2) is 0 Å². The lowest BCUT2D eigenvalue weighted by molar-refractivity contribution is 0.151. The summed E-state index contributed by atoms with van der Waals surface area (Å²) in [6.07, 6.45) is -2.41. The van der Waals surface area contributed by atoms with Crippen LogP contribution < -0.4 is 5.32 Å². The Kier molecular flexibility index (Phi) is 5.35. The van der Waals surface area contributed by atoms with Gasteiger partial charge in [-0.1, -0.05) is 31.2 Å². The fourth-order valence-corrected chi connectivity index (χ4v) is 1.31. The van der Waals surface area contributed by atoms with Crippen LogP contribution in [-0.4, -0.2) is 18.3 Å². The zero-order chi connectivity index (χ0) is 12.0. The molecule has 2 nitrogen and oxygen atoms in total. The SMILES string of the molecule is CC(CO)CNCc1ccc(C(F)F)cc1. The van der Waals surface area contributed by atoms with Crippen LogP contribution in [0.4, 0.5) is 8.78 Å². The van der Waals surface area contributed by atoms with Crippen molar-refractivity contribution in [3.05, 3.63) is 35.4 Å². The summed E-state index contributed by atoms with van der Waals surface area (Å²) in [4.78, 5) is 0. The molecule has 1 aromatic rings. The van der Waals surface area contributed by atoms with Crippen LogP contribution >= 0.6 is 0 Å². The van der Waals surface area contributed by atoms with E-state index >= 15 is 0 Å². The fraction of sp³-hybridized carbons (Fsp3) is 0.500. The molecular formula is C12H17F2NO. The highest BCUT2D eigenvalue weighted by atomic mass is 19.3. The predicted molar refractivity (Wildman–Crippen MR) is 59.4 cm³/mol. The van der Waals surface area contributed by atoms with Gasteiger partial charge in [0.1, 0.15) is 0 Å². The number of hydrogen-bond donors (Lipinski definition) is 2. The van der Waals surface area contributed by atoms with Crippen molar-refractivity contribution in [2.24, 2.45) is 5.92 Å². The first kappa shape index (κ1) is 13.1. The van der Waals surface area contributed by atoms with E-state index in [0.717, 1.165) is 5.56 Å². The van der Waals surface area contributed by atoms with Gasteiger partial charge in [0.2, 0.25) is 0 Å². The monoisotopic (exact) mass is 229 g/mol. The summed E-state index contributed by atoms with van der Waals surface area (Å²) >= 11 is 0. The van der Waals surface area contributed by atoms with Gasteiger partial charge in [-0.05, 0) is 11.5 Å². The molecule has 0 aliphatic heterocycles. The van der Waals surface area contributed by atoms with Crippen LogP contribution in [0, 0.1) is 5.92 Å². The first-order valence-electron chi connectivity index (χ1n) is 5.32. The lowest BCUT2D eigenvalue weighted by Crippen LogP contribution is -2.22. The number of alkyl halides is 2. The Bertz CT molecular complexity index is 300. The number of halogens is 2. The molecule has 2 N–H and O–H groups in total. The summed E-state index contributed by atoms with van der Waals surface area (Å²) in [5.74, 6) is 0.209. The van der Waals surface area contributed by atoms with Gasteiger partial charge in [0.05, 0.1) is 0 Å². The van der Waals surface area contributed by atoms with Gasteiger partial charge < -0.3 is 10.4 Å². The number of aliphatic hydroxyl groups excluding tert-OH is 1. The number of rotatable bonds is 6. The van der Waals surface area contributed by atoms with E-state index in [9.17, 15) is 8.78 Å². The summed E-state index contributed by atoms with van der Waals surface area (Å²) in [7, 11) is 0. The van der Waals surface area contributed by atoms with Crippen LogP contribution in [0.25, 0.3) is 0 Å². The van der Waals surface area contributed by atoms with Crippen molar-refractivity contribution in [1.82, 2.24) is 5.32 Å². The second-order valence-corrected chi connectivity index (χ2v) is 3.96. The molecule has 0 heterocycles. The number of nitrogens with one attached hydrogen (secondary N) is 1. The summed E-state index contributed by atoms with van der Waals surface area (Å²) in [6, 6.07) is 6.27. The molecule has 0 saturated carbocycles. The lowest BCUT2D eigenvalue weighted by Gasteiger charge is -2.09. The summed E-state index contributed by atoms with van der Waals surface area (Å²) in [5, 5.41) is 12.0. The van der Waals surface area contributed by atoms with E-state index in [1.807, 2.05) is 6.92 Å². The highest BCUT2D eigenvalue weighted by Crippen LogP contribution is 2.18. The molecule has 0 fully saturated rings. The molecule has 90 valence electrons. The Balaban J connectivity index is 2.38. The molecule has 4 heteroatoms. The summed E-state index contributed by atoms with van der Waals surface area (Å²) in [5.41, 5.74) is 1.02. The molecule has 0 aliphatic carbocycles. The van der Waals surface area contributed by atoms with Crippen molar-refractivity contribution in [1.29, 1.82) is 0 Å². The summed E-state index contributed by atoms with van der Waals surface area (Å²) < 4.78 is 24.5. The van der Waals surface area contributed by atoms with Crippen LogP contribution in [0.3, 0.4) is 0 Å². The van der Waals surface area contributed by atoms with E-state index < -0.39 is 6.43 Å². The third-order valence-electron chi connectivity index (χ3n) is 2.37. The van der Waals surface area contributed by atoms with E-state index in [1.165, 1.54) is 12.1 Å². The minimum absolute atomic E-state index is 0.0486. The van der Waals surface area contributed by atoms with E-state index in [2.05, 4.69) is 5.32 Å². The Morgan fingerprint density at radius 1 is 1.25 bits per heavy atom. The van der Waals surface area contributed by atoms with Gasteiger partial charge in [-0.3, -0.25) is 0 Å². The molecule has 1 aromatic carbocycles. The zero-order valence-electron chi connectivity index (χ0n) is 9.29. The van der Waals surface area contributed by atoms with E-state index in [0.29, 0.717) is 13.1 Å². The Hall–Kier alpha value is -1.00. The van der Waals surface area contributed by atoms with Crippen molar-refractivity contribution in [2.75, 3.05) is 13.2 Å². The van der Waals surface area contributed by atoms with E-state index in [4.69, 9.17) is 5.11 Å². The Labute approximate surface area is 94.3 Å². The van der Waals surface area contributed by atoms with Crippen molar-refractivity contribution in [3.63, 3.8) is 0 Å². The molecule has 1 atom stereocenters. The molecule has 0 aromatic heterocycles. The van der Waals surface area contributed by atoms with E-state index in [1.54, 1.807) is 12.1 Å². The van der Waals surface area contributed by atoms with Crippen molar-refractivity contribution >= 4 is 0 Å². The molecule has 0 aliphatic rings. The highest BCUT2D eigenvalue weighted by molar-refractivity contribution is 5.23. The molecule has 1 rings (SSSR count). The zero-order valence-corrected chi connectivity index (χ0v) is 9.29. The molecule has 0 radical (unpaired) electrons. The second-order valence-electron chi connectivity index (χ2n) is 3.96. The minimum atomic E-state index is -2.41. The topological polar surface area (TPSA) is 32.3 Å². The van der Waals surface area contributed by atoms with Crippen LogP contribution in [0.2, 0.25) is 0 Å². The fourth-order valence-electron chi connectivity index (χ4n) is 1.31. The molecule has 0 saturated heterocycles. The number of hydrogen-bond acceptors (Lipinski definition) is 2. The maximum Gasteiger partial charge on any atom is 0.263 e. The highest BCUT2D eigenvalue weighted by Gasteiger charge is 2.05. The molecule has 16 heavy (non-hydrogen) atoms. The van der Waals surface area contributed by atoms with Gasteiger partial charge in [-0.25, -0.2) is 8.78 Å². The maximum atomic E-state index is 12.3. The van der Waals surface area contributed by atoms with Gasteiger partial charge in [-0.2, -0.15) is 0 Å².